The van der Waals surface area contributed by atoms with E-state index >= 15 is 0 Å². The number of halogens is 1. The first kappa shape index (κ1) is 13.2. The summed E-state index contributed by atoms with van der Waals surface area (Å²) in [4.78, 5) is 15.6. The summed E-state index contributed by atoms with van der Waals surface area (Å²) in [6.45, 7) is 2.63. The van der Waals surface area contributed by atoms with Crippen molar-refractivity contribution < 1.29 is 9.53 Å². The molecule has 0 aromatic carbocycles. The summed E-state index contributed by atoms with van der Waals surface area (Å²) in [5.41, 5.74) is 0.352. The molecule has 16 heavy (non-hydrogen) atoms. The zero-order chi connectivity index (χ0) is 11.8. The van der Waals surface area contributed by atoms with Crippen LogP contribution in [-0.4, -0.2) is 17.6 Å². The number of nitrogens with zero attached hydrogens (tertiary/aromatic N) is 1. The second kappa shape index (κ2) is 7.39. The van der Waals surface area contributed by atoms with Crippen LogP contribution in [0.25, 0.3) is 0 Å². The Morgan fingerprint density at radius 2 is 2.19 bits per heavy atom. The van der Waals surface area contributed by atoms with E-state index in [4.69, 9.17) is 4.74 Å². The van der Waals surface area contributed by atoms with Crippen LogP contribution in [0.4, 0.5) is 0 Å². The van der Waals surface area contributed by atoms with E-state index < -0.39 is 0 Å². The van der Waals surface area contributed by atoms with Gasteiger partial charge in [-0.25, -0.2) is 9.78 Å². The van der Waals surface area contributed by atoms with Crippen LogP contribution in [0.5, 0.6) is 0 Å². The lowest BCUT2D eigenvalue weighted by Gasteiger charge is -2.03. The van der Waals surface area contributed by atoms with Gasteiger partial charge in [0.15, 0.2) is 0 Å². The fourth-order valence-corrected chi connectivity index (χ4v) is 1.63. The minimum Gasteiger partial charge on any atom is -0.461 e. The molecule has 88 valence electrons. The monoisotopic (exact) mass is 285 g/mol. The number of carbonyl (C=O) groups is 1. The third-order valence-corrected chi connectivity index (χ3v) is 2.60. The Kier molecular flexibility index (Phi) is 6.08. The van der Waals surface area contributed by atoms with Gasteiger partial charge in [0.05, 0.1) is 6.61 Å². The number of rotatable bonds is 6. The number of hydrogen-bond donors (Lipinski definition) is 0. The Hall–Kier alpha value is -0.900. The molecule has 3 nitrogen and oxygen atoms in total. The zero-order valence-electron chi connectivity index (χ0n) is 9.41. The minimum absolute atomic E-state index is 0.349. The van der Waals surface area contributed by atoms with Crippen molar-refractivity contribution >= 4 is 21.9 Å². The third kappa shape index (κ3) is 4.75. The standard InChI is InChI=1S/C12H16BrNO2/c1-2-3-4-5-9-16-12(15)10-7-6-8-11(13)14-10/h6-8H,2-5,9H2,1H3. The highest BCUT2D eigenvalue weighted by molar-refractivity contribution is 9.10. The first-order valence-electron chi connectivity index (χ1n) is 5.53. The normalized spacial score (nSPS) is 10.1. The van der Waals surface area contributed by atoms with Crippen molar-refractivity contribution in [3.63, 3.8) is 0 Å². The minimum atomic E-state index is -0.349. The number of ether oxygens (including phenoxy) is 1. The molecule has 0 aliphatic rings. The predicted octanol–water partition coefficient (Wildman–Crippen LogP) is 3.58. The van der Waals surface area contributed by atoms with Crippen LogP contribution in [0.3, 0.4) is 0 Å². The van der Waals surface area contributed by atoms with Crippen molar-refractivity contribution in [2.45, 2.75) is 32.6 Å². The van der Waals surface area contributed by atoms with Crippen LogP contribution in [-0.2, 0) is 4.74 Å². The van der Waals surface area contributed by atoms with Gasteiger partial charge in [-0.2, -0.15) is 0 Å². The molecular formula is C12H16BrNO2. The molecule has 1 rings (SSSR count). The average molecular weight is 286 g/mol. The van der Waals surface area contributed by atoms with Crippen molar-refractivity contribution in [1.82, 2.24) is 4.98 Å². The van der Waals surface area contributed by atoms with Gasteiger partial charge in [-0.15, -0.1) is 0 Å². The van der Waals surface area contributed by atoms with Crippen LogP contribution in [0, 0.1) is 0 Å². The van der Waals surface area contributed by atoms with E-state index in [0.29, 0.717) is 16.9 Å². The number of aromatic nitrogens is 1. The third-order valence-electron chi connectivity index (χ3n) is 2.16. The van der Waals surface area contributed by atoms with Gasteiger partial charge in [-0.3, -0.25) is 0 Å². The van der Waals surface area contributed by atoms with Crippen LogP contribution < -0.4 is 0 Å². The maximum Gasteiger partial charge on any atom is 0.356 e. The molecule has 0 aliphatic carbocycles. The molecule has 0 spiro atoms. The Morgan fingerprint density at radius 3 is 2.88 bits per heavy atom. The molecule has 0 amide bonds. The van der Waals surface area contributed by atoms with E-state index in [1.807, 2.05) is 0 Å². The predicted molar refractivity (Wildman–Crippen MR) is 66.4 cm³/mol. The van der Waals surface area contributed by atoms with E-state index in [1.165, 1.54) is 12.8 Å². The molecule has 1 heterocycles. The molecule has 0 radical (unpaired) electrons. The van der Waals surface area contributed by atoms with Gasteiger partial charge in [0.25, 0.3) is 0 Å². The van der Waals surface area contributed by atoms with E-state index in [9.17, 15) is 4.79 Å². The van der Waals surface area contributed by atoms with E-state index in [2.05, 4.69) is 27.8 Å². The van der Waals surface area contributed by atoms with Crippen LogP contribution in [0.2, 0.25) is 0 Å². The molecule has 1 aromatic rings. The number of pyridine rings is 1. The van der Waals surface area contributed by atoms with Gasteiger partial charge >= 0.3 is 5.97 Å². The highest BCUT2D eigenvalue weighted by Gasteiger charge is 2.08. The van der Waals surface area contributed by atoms with Gasteiger partial charge in [-0.1, -0.05) is 32.3 Å². The van der Waals surface area contributed by atoms with Crippen LogP contribution in [0.1, 0.15) is 43.1 Å². The van der Waals surface area contributed by atoms with E-state index in [1.54, 1.807) is 18.2 Å². The quantitative estimate of drug-likeness (QED) is 0.456. The molecule has 0 saturated carbocycles. The molecule has 4 heteroatoms. The highest BCUT2D eigenvalue weighted by Crippen LogP contribution is 2.07. The van der Waals surface area contributed by atoms with Gasteiger partial charge in [-0.05, 0) is 34.5 Å². The summed E-state index contributed by atoms with van der Waals surface area (Å²) in [5, 5.41) is 0. The first-order valence-corrected chi connectivity index (χ1v) is 6.33. The van der Waals surface area contributed by atoms with E-state index in [0.717, 1.165) is 12.8 Å². The molecule has 0 unspecified atom stereocenters. The van der Waals surface area contributed by atoms with Crippen molar-refractivity contribution in [2.24, 2.45) is 0 Å². The van der Waals surface area contributed by atoms with Gasteiger partial charge in [0, 0.05) is 0 Å². The SMILES string of the molecule is CCCCCCOC(=O)c1cccc(Br)n1. The molecular weight excluding hydrogens is 270 g/mol. The Bertz CT molecular complexity index is 342. The summed E-state index contributed by atoms with van der Waals surface area (Å²) < 4.78 is 5.75. The molecule has 0 aliphatic heterocycles. The molecule has 0 fully saturated rings. The highest BCUT2D eigenvalue weighted by atomic mass is 79.9. The first-order chi connectivity index (χ1) is 7.74. The largest absolute Gasteiger partial charge is 0.461 e. The van der Waals surface area contributed by atoms with Crippen molar-refractivity contribution in [1.29, 1.82) is 0 Å². The zero-order valence-corrected chi connectivity index (χ0v) is 11.0. The van der Waals surface area contributed by atoms with Gasteiger partial charge in [0.1, 0.15) is 10.3 Å². The fraction of sp³-hybridized carbons (Fsp3) is 0.500. The Labute approximate surface area is 104 Å². The summed E-state index contributed by atoms with van der Waals surface area (Å²) in [6.07, 6.45) is 4.40. The second-order valence-electron chi connectivity index (χ2n) is 3.54. The lowest BCUT2D eigenvalue weighted by molar-refractivity contribution is 0.0490. The van der Waals surface area contributed by atoms with Crippen LogP contribution in [0.15, 0.2) is 22.8 Å². The Morgan fingerprint density at radius 1 is 1.38 bits per heavy atom. The summed E-state index contributed by atoms with van der Waals surface area (Å²) in [7, 11) is 0. The second-order valence-corrected chi connectivity index (χ2v) is 4.35. The van der Waals surface area contributed by atoms with E-state index in [-0.39, 0.29) is 5.97 Å². The Balaban J connectivity index is 2.30. The number of hydrogen-bond acceptors (Lipinski definition) is 3. The topological polar surface area (TPSA) is 39.2 Å². The molecule has 0 atom stereocenters. The van der Waals surface area contributed by atoms with Crippen LogP contribution >= 0.6 is 15.9 Å². The maximum absolute atomic E-state index is 11.5. The van der Waals surface area contributed by atoms with Crippen molar-refractivity contribution in [3.05, 3.63) is 28.5 Å². The van der Waals surface area contributed by atoms with Gasteiger partial charge in [0.2, 0.25) is 0 Å². The molecule has 0 N–H and O–H groups in total. The number of carbonyl (C=O) groups excluding carboxylic acids is 1. The molecule has 1 aromatic heterocycles. The number of esters is 1. The summed E-state index contributed by atoms with van der Waals surface area (Å²) in [5.74, 6) is -0.349. The average Bonchev–Trinajstić information content (AvgIpc) is 2.28. The fourth-order valence-electron chi connectivity index (χ4n) is 1.29. The lowest BCUT2D eigenvalue weighted by atomic mass is 10.2. The smallest absolute Gasteiger partial charge is 0.356 e. The lowest BCUT2D eigenvalue weighted by Crippen LogP contribution is -2.08. The molecule has 0 saturated heterocycles. The van der Waals surface area contributed by atoms with Crippen molar-refractivity contribution in [2.75, 3.05) is 6.61 Å². The summed E-state index contributed by atoms with van der Waals surface area (Å²) in [6, 6.07) is 5.20. The van der Waals surface area contributed by atoms with Crippen molar-refractivity contribution in [3.8, 4) is 0 Å². The number of unbranched alkanes of at least 4 members (excludes halogenated alkanes) is 3. The maximum atomic E-state index is 11.5. The molecule has 0 bridgehead atoms. The summed E-state index contributed by atoms with van der Waals surface area (Å²) >= 11 is 3.21. The van der Waals surface area contributed by atoms with Gasteiger partial charge < -0.3 is 4.74 Å².